The Hall–Kier alpha value is -2.26. The Labute approximate surface area is 216 Å². The lowest BCUT2D eigenvalue weighted by Crippen LogP contribution is -2.02. The van der Waals surface area contributed by atoms with Gasteiger partial charge in [-0.2, -0.15) is 0 Å². The number of aryl methyl sites for hydroxylation is 3. The van der Waals surface area contributed by atoms with E-state index < -0.39 is 0 Å². The van der Waals surface area contributed by atoms with Crippen LogP contribution in [0, 0.1) is 44.3 Å². The Bertz CT molecular complexity index is 1230. The van der Waals surface area contributed by atoms with Crippen LogP contribution in [0.15, 0.2) is 30.3 Å². The van der Waals surface area contributed by atoms with E-state index in [4.69, 9.17) is 21.3 Å². The number of ether oxygens (including phenoxy) is 1. The number of aromatic nitrogens is 1. The SMILES string of the molecule is COc1cc(Cl)c(-c2nc(NCC#C[C@@H](CC3CC3)c3ccc(C)c(F)c3)sc2C)cc1C.Cl. The van der Waals surface area contributed by atoms with Crippen LogP contribution in [0.5, 0.6) is 5.75 Å². The third kappa shape index (κ3) is 6.24. The fourth-order valence-electron chi connectivity index (χ4n) is 3.87. The van der Waals surface area contributed by atoms with Gasteiger partial charge in [-0.25, -0.2) is 9.37 Å². The highest BCUT2D eigenvalue weighted by Crippen LogP contribution is 2.39. The van der Waals surface area contributed by atoms with Gasteiger partial charge in [-0.05, 0) is 68.0 Å². The fourth-order valence-corrected chi connectivity index (χ4v) is 4.94. The summed E-state index contributed by atoms with van der Waals surface area (Å²) in [6.07, 6.45) is 3.49. The third-order valence-electron chi connectivity index (χ3n) is 6.00. The molecule has 1 aromatic heterocycles. The number of halogens is 3. The van der Waals surface area contributed by atoms with Gasteiger partial charge < -0.3 is 10.1 Å². The molecule has 3 nitrogen and oxygen atoms in total. The van der Waals surface area contributed by atoms with Crippen LogP contribution in [0.2, 0.25) is 5.02 Å². The van der Waals surface area contributed by atoms with Crippen molar-refractivity contribution in [3.05, 3.63) is 62.7 Å². The van der Waals surface area contributed by atoms with Crippen molar-refractivity contribution in [1.29, 1.82) is 0 Å². The van der Waals surface area contributed by atoms with Gasteiger partial charge in [-0.15, -0.1) is 23.7 Å². The zero-order valence-corrected chi connectivity index (χ0v) is 22.2. The van der Waals surface area contributed by atoms with Crippen LogP contribution in [0.1, 0.15) is 46.7 Å². The number of rotatable bonds is 7. The summed E-state index contributed by atoms with van der Waals surface area (Å²) in [4.78, 5) is 5.84. The zero-order valence-electron chi connectivity index (χ0n) is 19.8. The molecule has 4 rings (SSSR count). The Kier molecular flexibility index (Phi) is 8.87. The number of nitrogens with one attached hydrogen (secondary N) is 1. The highest BCUT2D eigenvalue weighted by molar-refractivity contribution is 7.16. The Balaban J connectivity index is 0.00000324. The minimum atomic E-state index is -0.161. The summed E-state index contributed by atoms with van der Waals surface area (Å²) in [7, 11) is 1.64. The summed E-state index contributed by atoms with van der Waals surface area (Å²) < 4.78 is 19.5. The number of nitrogens with zero attached hydrogens (tertiary/aromatic N) is 1. The molecule has 0 amide bonds. The van der Waals surface area contributed by atoms with Crippen molar-refractivity contribution >= 4 is 40.5 Å². The first-order valence-corrected chi connectivity index (χ1v) is 12.4. The van der Waals surface area contributed by atoms with Crippen molar-refractivity contribution in [3.8, 4) is 28.8 Å². The molecule has 0 bridgehead atoms. The Morgan fingerprint density at radius 1 is 1.21 bits per heavy atom. The summed E-state index contributed by atoms with van der Waals surface area (Å²) in [5.74, 6) is 7.99. The molecule has 1 aliphatic carbocycles. The van der Waals surface area contributed by atoms with Crippen LogP contribution in [-0.2, 0) is 0 Å². The van der Waals surface area contributed by atoms with E-state index in [1.54, 1.807) is 31.4 Å². The lowest BCUT2D eigenvalue weighted by molar-refractivity contribution is 0.412. The molecule has 3 aromatic rings. The standard InChI is InChI=1S/C27H28ClFN2OS.ClH/c1-16-7-10-21(14-24(16)29)20(13-19-8-9-19)6-5-11-30-27-31-26(18(3)33-27)22-12-17(2)25(32-4)15-23(22)28;/h7,10,12,14-15,19-20H,8-9,11,13H2,1-4H3,(H,30,31);1H/t20-;/m0./s1. The number of methoxy groups -OCH3 is 1. The number of anilines is 1. The average Bonchev–Trinajstić information content (AvgIpc) is 3.54. The minimum Gasteiger partial charge on any atom is -0.496 e. The fraction of sp³-hybridized carbons (Fsp3) is 0.370. The Morgan fingerprint density at radius 3 is 2.65 bits per heavy atom. The van der Waals surface area contributed by atoms with E-state index in [0.29, 0.717) is 23.0 Å². The maximum Gasteiger partial charge on any atom is 0.184 e. The van der Waals surface area contributed by atoms with Crippen LogP contribution in [0.25, 0.3) is 11.3 Å². The second-order valence-electron chi connectivity index (χ2n) is 8.64. The lowest BCUT2D eigenvalue weighted by Gasteiger charge is -2.11. The molecule has 0 saturated heterocycles. The maximum atomic E-state index is 14.1. The Morgan fingerprint density at radius 2 is 1.97 bits per heavy atom. The van der Waals surface area contributed by atoms with Gasteiger partial charge in [0.1, 0.15) is 11.6 Å². The van der Waals surface area contributed by atoms with Gasteiger partial charge in [-0.1, -0.05) is 48.4 Å². The molecule has 1 aliphatic rings. The molecule has 7 heteroatoms. The molecule has 1 heterocycles. The normalized spacial score (nSPS) is 13.5. The molecule has 0 spiro atoms. The molecule has 1 atom stereocenters. The van der Waals surface area contributed by atoms with Crippen LogP contribution in [0.3, 0.4) is 0 Å². The van der Waals surface area contributed by atoms with E-state index in [9.17, 15) is 4.39 Å². The molecule has 0 radical (unpaired) electrons. The lowest BCUT2D eigenvalue weighted by atomic mass is 9.93. The third-order valence-corrected chi connectivity index (χ3v) is 7.25. The van der Waals surface area contributed by atoms with Gasteiger partial charge in [0.05, 0.1) is 24.4 Å². The smallest absolute Gasteiger partial charge is 0.184 e. The summed E-state index contributed by atoms with van der Waals surface area (Å²) >= 11 is 8.08. The van der Waals surface area contributed by atoms with E-state index >= 15 is 0 Å². The quantitative estimate of drug-likeness (QED) is 0.322. The molecule has 2 aromatic carbocycles. The minimum absolute atomic E-state index is 0. The van der Waals surface area contributed by atoms with Gasteiger partial charge in [-0.3, -0.25) is 0 Å². The first-order valence-electron chi connectivity index (χ1n) is 11.2. The van der Waals surface area contributed by atoms with Gasteiger partial charge in [0.2, 0.25) is 0 Å². The summed E-state index contributed by atoms with van der Waals surface area (Å²) in [6, 6.07) is 9.33. The number of benzene rings is 2. The van der Waals surface area contributed by atoms with Crippen LogP contribution in [0.4, 0.5) is 9.52 Å². The van der Waals surface area contributed by atoms with Gasteiger partial charge >= 0.3 is 0 Å². The number of thiazole rings is 1. The van der Waals surface area contributed by atoms with Crippen LogP contribution < -0.4 is 10.1 Å². The van der Waals surface area contributed by atoms with Gasteiger partial charge in [0.25, 0.3) is 0 Å². The zero-order chi connectivity index (χ0) is 23.5. The molecule has 1 fully saturated rings. The van der Waals surface area contributed by atoms with E-state index in [1.165, 1.54) is 12.8 Å². The predicted octanol–water partition coefficient (Wildman–Crippen LogP) is 7.96. The highest BCUT2D eigenvalue weighted by Gasteiger charge is 2.25. The van der Waals surface area contributed by atoms with Crippen molar-refractivity contribution in [2.75, 3.05) is 19.0 Å². The van der Waals surface area contributed by atoms with E-state index in [-0.39, 0.29) is 24.1 Å². The van der Waals surface area contributed by atoms with Gasteiger partial charge in [0.15, 0.2) is 5.13 Å². The van der Waals surface area contributed by atoms with E-state index in [2.05, 4.69) is 17.2 Å². The first-order chi connectivity index (χ1) is 15.9. The molecule has 1 N–H and O–H groups in total. The largest absolute Gasteiger partial charge is 0.496 e. The maximum absolute atomic E-state index is 14.1. The predicted molar refractivity (Wildman–Crippen MR) is 143 cm³/mol. The second-order valence-corrected chi connectivity index (χ2v) is 10.3. The molecule has 1 saturated carbocycles. The first kappa shape index (κ1) is 26.3. The monoisotopic (exact) mass is 518 g/mol. The average molecular weight is 520 g/mol. The summed E-state index contributed by atoms with van der Waals surface area (Å²) in [5.41, 5.74) is 4.41. The van der Waals surface area contributed by atoms with Crippen molar-refractivity contribution in [3.63, 3.8) is 0 Å². The molecular formula is C27H29Cl2FN2OS. The molecule has 180 valence electrons. The van der Waals surface area contributed by atoms with Crippen LogP contribution in [-0.4, -0.2) is 18.6 Å². The van der Waals surface area contributed by atoms with Crippen molar-refractivity contribution in [2.24, 2.45) is 5.92 Å². The van der Waals surface area contributed by atoms with Crippen molar-refractivity contribution in [1.82, 2.24) is 4.98 Å². The van der Waals surface area contributed by atoms with Gasteiger partial charge in [0, 0.05) is 16.4 Å². The van der Waals surface area contributed by atoms with E-state index in [1.807, 2.05) is 38.1 Å². The second kappa shape index (κ2) is 11.4. The van der Waals surface area contributed by atoms with Crippen LogP contribution >= 0.6 is 35.3 Å². The summed E-state index contributed by atoms with van der Waals surface area (Å²) in [5, 5.41) is 4.74. The van der Waals surface area contributed by atoms with E-state index in [0.717, 1.165) is 44.6 Å². The number of hydrogen-bond donors (Lipinski definition) is 1. The number of hydrogen-bond acceptors (Lipinski definition) is 4. The van der Waals surface area contributed by atoms with Crippen molar-refractivity contribution < 1.29 is 9.13 Å². The summed E-state index contributed by atoms with van der Waals surface area (Å²) in [6.45, 7) is 6.30. The molecule has 34 heavy (non-hydrogen) atoms. The molecule has 0 unspecified atom stereocenters. The molecular weight excluding hydrogens is 490 g/mol. The van der Waals surface area contributed by atoms with Crippen molar-refractivity contribution in [2.45, 2.75) is 46.0 Å². The molecule has 0 aliphatic heterocycles. The topological polar surface area (TPSA) is 34.1 Å². The highest BCUT2D eigenvalue weighted by atomic mass is 35.5.